The quantitative estimate of drug-likeness (QED) is 0.0386. The zero-order chi connectivity index (χ0) is 52.1. The number of carboxylic acids is 2. The maximum Gasteiger partial charge on any atom is 0.326 e. The minimum atomic E-state index is -1.64. The monoisotopic (exact) mass is 1000 g/mol. The van der Waals surface area contributed by atoms with Gasteiger partial charge in [0.2, 0.25) is 47.3 Å². The van der Waals surface area contributed by atoms with Crippen LogP contribution in [-0.2, 0) is 60.8 Å². The average Bonchev–Trinajstić information content (AvgIpc) is 3.82. The lowest BCUT2D eigenvalue weighted by atomic mass is 10.0. The minimum absolute atomic E-state index is 0.00602. The number of amides is 8. The highest BCUT2D eigenvalue weighted by atomic mass is 32.2. The molecule has 0 aliphatic carbocycles. The molecule has 1 aliphatic heterocycles. The van der Waals surface area contributed by atoms with E-state index in [1.807, 2.05) is 0 Å². The van der Waals surface area contributed by atoms with Gasteiger partial charge in [-0.25, -0.2) is 4.79 Å². The number of hydrogen-bond donors (Lipinski definition) is 14. The molecule has 3 rings (SSSR count). The van der Waals surface area contributed by atoms with Crippen molar-refractivity contribution in [3.05, 3.63) is 59.7 Å². The van der Waals surface area contributed by atoms with E-state index in [1.165, 1.54) is 67.2 Å². The summed E-state index contributed by atoms with van der Waals surface area (Å²) in [5.41, 5.74) is 6.23. The van der Waals surface area contributed by atoms with Crippen LogP contribution in [0.25, 0.3) is 0 Å². The average molecular weight is 1000 g/mol. The number of benzene rings is 2. The van der Waals surface area contributed by atoms with E-state index in [0.29, 0.717) is 17.5 Å². The number of nitrogens with two attached hydrogens (primary N) is 1. The first kappa shape index (κ1) is 57.3. The van der Waals surface area contributed by atoms with Gasteiger partial charge in [0.1, 0.15) is 53.8 Å². The molecule has 1 heterocycles. The number of likely N-dealkylation sites (tertiary alicyclic amines) is 1. The van der Waals surface area contributed by atoms with Gasteiger partial charge in [-0.3, -0.25) is 43.2 Å². The fraction of sp³-hybridized carbons (Fsp3) is 0.500. The third-order valence-corrected chi connectivity index (χ3v) is 11.5. The van der Waals surface area contributed by atoms with Gasteiger partial charge in [-0.1, -0.05) is 24.3 Å². The topological polar surface area (TPSA) is 406 Å². The third-order valence-electron chi connectivity index (χ3n) is 10.9. The molecular formula is C44H61N9O16S. The largest absolute Gasteiger partial charge is 0.508 e. The van der Waals surface area contributed by atoms with E-state index in [4.69, 9.17) is 10.8 Å². The number of carboxylic acid groups (broad SMARTS) is 2. The summed E-state index contributed by atoms with van der Waals surface area (Å²) in [7, 11) is 0. The van der Waals surface area contributed by atoms with Crippen LogP contribution in [0.3, 0.4) is 0 Å². The van der Waals surface area contributed by atoms with Crippen LogP contribution in [0.5, 0.6) is 11.5 Å². The van der Waals surface area contributed by atoms with Gasteiger partial charge in [0.25, 0.3) is 0 Å². The van der Waals surface area contributed by atoms with Gasteiger partial charge in [-0.2, -0.15) is 11.8 Å². The first-order valence-corrected chi connectivity index (χ1v) is 23.4. The highest BCUT2D eigenvalue weighted by Crippen LogP contribution is 2.20. The smallest absolute Gasteiger partial charge is 0.326 e. The Bertz CT molecular complexity index is 2160. The maximum atomic E-state index is 14.1. The van der Waals surface area contributed by atoms with Crippen molar-refractivity contribution in [1.82, 2.24) is 42.1 Å². The number of aromatic hydroxyl groups is 2. The summed E-state index contributed by atoms with van der Waals surface area (Å²) >= 11 is 1.30. The van der Waals surface area contributed by atoms with Crippen LogP contribution in [0.1, 0.15) is 50.2 Å². The Hall–Kier alpha value is -7.03. The molecule has 0 bridgehead atoms. The Morgan fingerprint density at radius 2 is 1.24 bits per heavy atom. The number of carbonyl (C=O) groups is 10. The van der Waals surface area contributed by atoms with Gasteiger partial charge in [-0.15, -0.1) is 0 Å². The summed E-state index contributed by atoms with van der Waals surface area (Å²) < 4.78 is 0. The fourth-order valence-electron chi connectivity index (χ4n) is 7.12. The molecule has 8 amide bonds. The number of phenols is 2. The molecule has 8 unspecified atom stereocenters. The second kappa shape index (κ2) is 28.5. The summed E-state index contributed by atoms with van der Waals surface area (Å²) in [5.74, 6) is -9.86. The number of aliphatic carboxylic acids is 2. The normalized spacial score (nSPS) is 16.1. The highest BCUT2D eigenvalue weighted by molar-refractivity contribution is 7.98. The van der Waals surface area contributed by atoms with E-state index < -0.39 is 140 Å². The Balaban J connectivity index is 1.80. The van der Waals surface area contributed by atoms with E-state index in [-0.39, 0.29) is 49.5 Å². The van der Waals surface area contributed by atoms with Crippen molar-refractivity contribution in [3.8, 4) is 11.5 Å². The van der Waals surface area contributed by atoms with E-state index in [2.05, 4.69) is 37.2 Å². The number of rotatable bonds is 28. The lowest BCUT2D eigenvalue weighted by Crippen LogP contribution is -2.60. The second-order valence-electron chi connectivity index (χ2n) is 16.2. The molecule has 0 aromatic heterocycles. The van der Waals surface area contributed by atoms with Crippen LogP contribution in [0.15, 0.2) is 48.5 Å². The van der Waals surface area contributed by atoms with Crippen LogP contribution >= 0.6 is 11.8 Å². The standard InChI is InChI=1S/C44H61N9O16S/c1-23(55)37(52-34(58)20-45)42(66)50-30(18-24-5-9-26(56)10-6-24)38(62)46-21-35(59)47-31(19-25-7-11-27(57)12-8-25)40(64)48-28(15-17-70-2)39(63)51-32(22-54)43(67)53-16-3-4-33(53)41(65)49-29(44(68)69)13-14-36(60)61/h5-12,23,28-33,37,54-57H,3-4,13-22,45H2,1-2H3,(H,46,62)(H,47,59)(H,48,64)(H,49,65)(H,50,66)(H,51,63)(H,52,58)(H,60,61)(H,68,69). The minimum Gasteiger partial charge on any atom is -0.508 e. The van der Waals surface area contributed by atoms with E-state index in [9.17, 15) is 73.5 Å². The summed E-state index contributed by atoms with van der Waals surface area (Å²) in [6.07, 6.45) is -0.729. The Morgan fingerprint density at radius 1 is 0.700 bits per heavy atom. The molecule has 0 saturated carbocycles. The summed E-state index contributed by atoms with van der Waals surface area (Å²) in [4.78, 5) is 131. The second-order valence-corrected chi connectivity index (χ2v) is 17.2. The molecule has 1 aliphatic rings. The van der Waals surface area contributed by atoms with Crippen molar-refractivity contribution in [1.29, 1.82) is 0 Å². The highest BCUT2D eigenvalue weighted by Gasteiger charge is 2.40. The first-order valence-electron chi connectivity index (χ1n) is 22.0. The molecule has 8 atom stereocenters. The van der Waals surface area contributed by atoms with Gasteiger partial charge >= 0.3 is 11.9 Å². The van der Waals surface area contributed by atoms with Crippen molar-refractivity contribution in [3.63, 3.8) is 0 Å². The summed E-state index contributed by atoms with van der Waals surface area (Å²) in [6, 6.07) is 1.00. The molecule has 1 saturated heterocycles. The molecule has 0 spiro atoms. The number of aliphatic hydroxyl groups is 2. The summed E-state index contributed by atoms with van der Waals surface area (Å²) in [5, 5.41) is 75.4. The number of carbonyl (C=O) groups excluding carboxylic acids is 8. The molecular weight excluding hydrogens is 943 g/mol. The number of aliphatic hydroxyl groups excluding tert-OH is 2. The van der Waals surface area contributed by atoms with Crippen LogP contribution in [-0.4, -0.2) is 181 Å². The van der Waals surface area contributed by atoms with Crippen LogP contribution in [0.4, 0.5) is 0 Å². The molecule has 25 nitrogen and oxygen atoms in total. The molecule has 384 valence electrons. The molecule has 2 aromatic carbocycles. The molecule has 1 fully saturated rings. The molecule has 26 heteroatoms. The number of thioether (sulfide) groups is 1. The predicted molar refractivity (Wildman–Crippen MR) is 248 cm³/mol. The number of nitrogens with one attached hydrogen (secondary N) is 7. The van der Waals surface area contributed by atoms with Crippen molar-refractivity contribution in [2.45, 2.75) is 100 Å². The third kappa shape index (κ3) is 18.5. The zero-order valence-corrected chi connectivity index (χ0v) is 39.2. The number of hydrogen-bond acceptors (Lipinski definition) is 16. The van der Waals surface area contributed by atoms with Crippen molar-refractivity contribution >= 4 is 71.0 Å². The van der Waals surface area contributed by atoms with Crippen LogP contribution in [0, 0.1) is 0 Å². The number of nitrogens with zero attached hydrogens (tertiary/aromatic N) is 1. The molecule has 15 N–H and O–H groups in total. The van der Waals surface area contributed by atoms with E-state index >= 15 is 0 Å². The Kier molecular flexibility index (Phi) is 23.3. The molecule has 0 radical (unpaired) electrons. The maximum absolute atomic E-state index is 14.1. The van der Waals surface area contributed by atoms with Gasteiger partial charge < -0.3 is 78.5 Å². The van der Waals surface area contributed by atoms with Crippen LogP contribution in [0.2, 0.25) is 0 Å². The molecule has 2 aromatic rings. The first-order chi connectivity index (χ1) is 33.2. The number of phenolic OH excluding ortho intramolecular Hbond substituents is 2. The van der Waals surface area contributed by atoms with Crippen molar-refractivity contribution < 1.29 is 78.6 Å². The van der Waals surface area contributed by atoms with E-state index in [1.54, 1.807) is 6.26 Å². The van der Waals surface area contributed by atoms with Crippen LogP contribution < -0.4 is 43.0 Å². The van der Waals surface area contributed by atoms with Gasteiger partial charge in [-0.05, 0) is 80.0 Å². The Labute approximate surface area is 406 Å². The van der Waals surface area contributed by atoms with Gasteiger partial charge in [0.15, 0.2) is 0 Å². The molecule has 70 heavy (non-hydrogen) atoms. The lowest BCUT2D eigenvalue weighted by molar-refractivity contribution is -0.146. The zero-order valence-electron chi connectivity index (χ0n) is 38.4. The SMILES string of the molecule is CSCCC(NC(=O)C(Cc1ccc(O)cc1)NC(=O)CNC(=O)C(Cc1ccc(O)cc1)NC(=O)C(NC(=O)CN)C(C)O)C(=O)NC(CO)C(=O)N1CCCC1C(=O)NC(CCC(=O)O)C(=O)O. The van der Waals surface area contributed by atoms with Gasteiger partial charge in [0.05, 0.1) is 25.8 Å². The predicted octanol–water partition coefficient (Wildman–Crippen LogP) is -4.07. The fourth-order valence-corrected chi connectivity index (χ4v) is 7.59. The van der Waals surface area contributed by atoms with Gasteiger partial charge in [0, 0.05) is 25.8 Å². The lowest BCUT2D eigenvalue weighted by Gasteiger charge is -2.30. The van der Waals surface area contributed by atoms with Crippen molar-refractivity contribution in [2.75, 3.05) is 38.2 Å². The summed E-state index contributed by atoms with van der Waals surface area (Å²) in [6.45, 7) is -1.01. The van der Waals surface area contributed by atoms with E-state index in [0.717, 1.165) is 4.90 Å². The van der Waals surface area contributed by atoms with Crippen molar-refractivity contribution in [2.24, 2.45) is 5.73 Å². The Morgan fingerprint density at radius 3 is 1.76 bits per heavy atom.